The third kappa shape index (κ3) is 3.80. The molecular formula is C17H22N2O3. The van der Waals surface area contributed by atoms with Crippen LogP contribution in [-0.2, 0) is 13.1 Å². The molecule has 1 aliphatic rings. The second-order valence-corrected chi connectivity index (χ2v) is 5.59. The number of aromatic nitrogens is 1. The maximum Gasteiger partial charge on any atom is 0.180 e. The van der Waals surface area contributed by atoms with Crippen molar-refractivity contribution in [1.29, 1.82) is 0 Å². The highest BCUT2D eigenvalue weighted by molar-refractivity contribution is 5.43. The molecule has 0 unspecified atom stereocenters. The van der Waals surface area contributed by atoms with E-state index in [9.17, 15) is 0 Å². The number of nitrogens with one attached hydrogen (secondary N) is 1. The number of methoxy groups -OCH3 is 1. The van der Waals surface area contributed by atoms with E-state index < -0.39 is 0 Å². The molecule has 5 heteroatoms. The molecule has 118 valence electrons. The number of ether oxygens (including phenoxy) is 2. The summed E-state index contributed by atoms with van der Waals surface area (Å²) in [5.41, 5.74) is 2.06. The van der Waals surface area contributed by atoms with Crippen LogP contribution in [0.3, 0.4) is 0 Å². The fourth-order valence-corrected chi connectivity index (χ4v) is 2.77. The summed E-state index contributed by atoms with van der Waals surface area (Å²) >= 11 is 0. The molecule has 3 rings (SSSR count). The summed E-state index contributed by atoms with van der Waals surface area (Å²) in [4.78, 5) is 4.09. The summed E-state index contributed by atoms with van der Waals surface area (Å²) in [6.07, 6.45) is 8.20. The molecule has 1 heterocycles. The zero-order valence-corrected chi connectivity index (χ0v) is 12.9. The average molecular weight is 302 g/mol. The van der Waals surface area contributed by atoms with Crippen molar-refractivity contribution in [3.63, 3.8) is 0 Å². The fourth-order valence-electron chi connectivity index (χ4n) is 2.77. The van der Waals surface area contributed by atoms with Crippen molar-refractivity contribution in [3.8, 4) is 11.5 Å². The van der Waals surface area contributed by atoms with Crippen molar-refractivity contribution < 1.29 is 13.9 Å². The Hall–Kier alpha value is -2.01. The van der Waals surface area contributed by atoms with Crippen LogP contribution in [0.25, 0.3) is 0 Å². The van der Waals surface area contributed by atoms with E-state index >= 15 is 0 Å². The van der Waals surface area contributed by atoms with Gasteiger partial charge in [0.2, 0.25) is 0 Å². The molecule has 0 amide bonds. The quantitative estimate of drug-likeness (QED) is 0.850. The monoisotopic (exact) mass is 302 g/mol. The van der Waals surface area contributed by atoms with Gasteiger partial charge in [-0.25, -0.2) is 4.98 Å². The number of benzene rings is 1. The van der Waals surface area contributed by atoms with E-state index in [-0.39, 0.29) is 0 Å². The summed E-state index contributed by atoms with van der Waals surface area (Å²) < 4.78 is 16.5. The third-order valence-corrected chi connectivity index (χ3v) is 3.94. The van der Waals surface area contributed by atoms with Gasteiger partial charge in [0.05, 0.1) is 18.9 Å². The molecule has 0 aliphatic heterocycles. The lowest BCUT2D eigenvalue weighted by Crippen LogP contribution is -2.14. The second-order valence-electron chi connectivity index (χ2n) is 5.59. The van der Waals surface area contributed by atoms with Crippen molar-refractivity contribution in [3.05, 3.63) is 42.1 Å². The maximum atomic E-state index is 6.11. The summed E-state index contributed by atoms with van der Waals surface area (Å²) in [5, 5.41) is 3.34. The van der Waals surface area contributed by atoms with E-state index in [2.05, 4.69) is 22.4 Å². The molecule has 22 heavy (non-hydrogen) atoms. The number of rotatable bonds is 7. The molecule has 0 bridgehead atoms. The number of oxazole rings is 1. The molecule has 1 aliphatic carbocycles. The number of nitrogens with zero attached hydrogens (tertiary/aromatic N) is 1. The third-order valence-electron chi connectivity index (χ3n) is 3.94. The van der Waals surface area contributed by atoms with E-state index in [0.717, 1.165) is 42.1 Å². The zero-order chi connectivity index (χ0) is 15.2. The Balaban J connectivity index is 1.61. The predicted octanol–water partition coefficient (Wildman–Crippen LogP) is 3.29. The van der Waals surface area contributed by atoms with Gasteiger partial charge in [-0.1, -0.05) is 6.07 Å². The van der Waals surface area contributed by atoms with Gasteiger partial charge in [-0.15, -0.1) is 0 Å². The summed E-state index contributed by atoms with van der Waals surface area (Å²) in [7, 11) is 1.68. The maximum absolute atomic E-state index is 6.11. The molecule has 1 saturated carbocycles. The lowest BCUT2D eigenvalue weighted by molar-refractivity contribution is 0.200. The summed E-state index contributed by atoms with van der Waals surface area (Å²) in [6.45, 7) is 1.43. The Kier molecular flexibility index (Phi) is 4.96. The normalized spacial score (nSPS) is 15.1. The van der Waals surface area contributed by atoms with Gasteiger partial charge in [0, 0.05) is 13.1 Å². The van der Waals surface area contributed by atoms with Crippen LogP contribution in [0.15, 0.2) is 35.3 Å². The molecule has 1 aromatic carbocycles. The van der Waals surface area contributed by atoms with Crippen LogP contribution in [-0.4, -0.2) is 18.2 Å². The smallest absolute Gasteiger partial charge is 0.180 e. The molecule has 0 radical (unpaired) electrons. The van der Waals surface area contributed by atoms with Gasteiger partial charge in [0.1, 0.15) is 6.26 Å². The van der Waals surface area contributed by atoms with Crippen LogP contribution in [0.2, 0.25) is 0 Å². The largest absolute Gasteiger partial charge is 0.493 e. The topological polar surface area (TPSA) is 56.5 Å². The van der Waals surface area contributed by atoms with Gasteiger partial charge in [0.25, 0.3) is 0 Å². The Morgan fingerprint density at radius 3 is 2.82 bits per heavy atom. The molecule has 0 atom stereocenters. The van der Waals surface area contributed by atoms with E-state index in [1.165, 1.54) is 19.2 Å². The first kappa shape index (κ1) is 14.9. The minimum absolute atomic E-state index is 0.326. The van der Waals surface area contributed by atoms with Gasteiger partial charge >= 0.3 is 0 Å². The Morgan fingerprint density at radius 2 is 2.09 bits per heavy atom. The lowest BCUT2D eigenvalue weighted by Gasteiger charge is -2.17. The molecule has 0 saturated heterocycles. The van der Waals surface area contributed by atoms with Crippen LogP contribution in [0.1, 0.15) is 36.9 Å². The summed E-state index contributed by atoms with van der Waals surface area (Å²) in [5.74, 6) is 1.64. The number of hydrogen-bond acceptors (Lipinski definition) is 5. The Bertz CT molecular complexity index is 578. The number of hydrogen-bond donors (Lipinski definition) is 1. The molecule has 2 aromatic rings. The Morgan fingerprint density at radius 1 is 1.23 bits per heavy atom. The van der Waals surface area contributed by atoms with Gasteiger partial charge in [0.15, 0.2) is 17.9 Å². The lowest BCUT2D eigenvalue weighted by atomic mass is 10.2. The van der Waals surface area contributed by atoms with Crippen molar-refractivity contribution >= 4 is 0 Å². The molecule has 1 aromatic heterocycles. The van der Waals surface area contributed by atoms with Gasteiger partial charge < -0.3 is 19.2 Å². The summed E-state index contributed by atoms with van der Waals surface area (Å²) in [6, 6.07) is 6.08. The van der Waals surface area contributed by atoms with Crippen molar-refractivity contribution in [1.82, 2.24) is 10.3 Å². The predicted molar refractivity (Wildman–Crippen MR) is 82.9 cm³/mol. The van der Waals surface area contributed by atoms with E-state index in [0.29, 0.717) is 12.6 Å². The van der Waals surface area contributed by atoms with Crippen LogP contribution in [0.5, 0.6) is 11.5 Å². The molecule has 0 spiro atoms. The second kappa shape index (κ2) is 7.31. The molecule has 5 nitrogen and oxygen atoms in total. The van der Waals surface area contributed by atoms with Crippen molar-refractivity contribution in [2.45, 2.75) is 44.9 Å². The minimum Gasteiger partial charge on any atom is -0.493 e. The highest BCUT2D eigenvalue weighted by atomic mass is 16.5. The van der Waals surface area contributed by atoms with Crippen LogP contribution >= 0.6 is 0 Å². The minimum atomic E-state index is 0.326. The van der Waals surface area contributed by atoms with E-state index in [1.807, 2.05) is 6.07 Å². The van der Waals surface area contributed by atoms with Crippen LogP contribution in [0.4, 0.5) is 0 Å². The van der Waals surface area contributed by atoms with E-state index in [1.54, 1.807) is 13.4 Å². The molecule has 1 fully saturated rings. The van der Waals surface area contributed by atoms with E-state index in [4.69, 9.17) is 13.9 Å². The Labute approximate surface area is 130 Å². The van der Waals surface area contributed by atoms with Crippen LogP contribution in [0, 0.1) is 0 Å². The molecule has 1 N–H and O–H groups in total. The fraction of sp³-hybridized carbons (Fsp3) is 0.471. The van der Waals surface area contributed by atoms with Crippen molar-refractivity contribution in [2.75, 3.05) is 7.11 Å². The zero-order valence-electron chi connectivity index (χ0n) is 12.9. The van der Waals surface area contributed by atoms with Gasteiger partial charge in [-0.05, 0) is 43.4 Å². The van der Waals surface area contributed by atoms with Crippen LogP contribution < -0.4 is 14.8 Å². The SMILES string of the molecule is COc1ccc(CNCc2cocn2)cc1OC1CCCC1. The van der Waals surface area contributed by atoms with Crippen molar-refractivity contribution in [2.24, 2.45) is 0 Å². The van der Waals surface area contributed by atoms with Gasteiger partial charge in [-0.3, -0.25) is 0 Å². The van der Waals surface area contributed by atoms with Gasteiger partial charge in [-0.2, -0.15) is 0 Å². The first-order chi connectivity index (χ1) is 10.8. The standard InChI is InChI=1S/C17H22N2O3/c1-20-16-7-6-13(9-18-10-14-11-21-12-19-14)8-17(16)22-15-4-2-3-5-15/h6-8,11-12,15,18H,2-5,9-10H2,1H3. The molecular weight excluding hydrogens is 280 g/mol. The average Bonchev–Trinajstić information content (AvgIpc) is 3.21. The highest BCUT2D eigenvalue weighted by Crippen LogP contribution is 2.32. The first-order valence-electron chi connectivity index (χ1n) is 7.76. The first-order valence-corrected chi connectivity index (χ1v) is 7.76. The highest BCUT2D eigenvalue weighted by Gasteiger charge is 2.18.